The van der Waals surface area contributed by atoms with Gasteiger partial charge in [0.15, 0.2) is 0 Å². The summed E-state index contributed by atoms with van der Waals surface area (Å²) < 4.78 is 0. The van der Waals surface area contributed by atoms with Crippen molar-refractivity contribution in [2.45, 2.75) is 52.0 Å². The van der Waals surface area contributed by atoms with Gasteiger partial charge in [0.1, 0.15) is 0 Å². The van der Waals surface area contributed by atoms with E-state index in [-0.39, 0.29) is 29.8 Å². The monoisotopic (exact) mass is 324 g/mol. The van der Waals surface area contributed by atoms with Crippen molar-refractivity contribution in [3.63, 3.8) is 0 Å². The Morgan fingerprint density at radius 2 is 1.91 bits per heavy atom. The van der Waals surface area contributed by atoms with Gasteiger partial charge in [0, 0.05) is 5.92 Å². The molecule has 0 unspecified atom stereocenters. The van der Waals surface area contributed by atoms with Gasteiger partial charge in [-0.1, -0.05) is 37.6 Å². The van der Waals surface area contributed by atoms with Crippen LogP contribution in [0, 0.1) is 11.8 Å². The predicted molar refractivity (Wildman–Crippen MR) is 94.1 cm³/mol. The minimum atomic E-state index is -0.342. The molecule has 0 spiro atoms. The second kappa shape index (κ2) is 7.98. The summed E-state index contributed by atoms with van der Waals surface area (Å²) >= 11 is 0. The first kappa shape index (κ1) is 19.0. The smallest absolute Gasteiger partial charge is 0.224 e. The fourth-order valence-corrected chi connectivity index (χ4v) is 3.29. The van der Waals surface area contributed by atoms with Crippen LogP contribution >= 0.6 is 12.4 Å². The summed E-state index contributed by atoms with van der Waals surface area (Å²) in [5, 5.41) is 3.22. The molecule has 22 heavy (non-hydrogen) atoms. The third-order valence-corrected chi connectivity index (χ3v) is 4.82. The minimum Gasteiger partial charge on any atom is -0.347 e. The molecule has 4 heteroatoms. The van der Waals surface area contributed by atoms with Gasteiger partial charge in [0.25, 0.3) is 0 Å². The third kappa shape index (κ3) is 4.23. The van der Waals surface area contributed by atoms with Crippen molar-refractivity contribution in [1.29, 1.82) is 0 Å². The van der Waals surface area contributed by atoms with E-state index in [0.717, 1.165) is 31.2 Å². The van der Waals surface area contributed by atoms with Gasteiger partial charge in [0.05, 0.1) is 5.54 Å². The summed E-state index contributed by atoms with van der Waals surface area (Å²) in [7, 11) is 0. The van der Waals surface area contributed by atoms with Gasteiger partial charge in [-0.05, 0) is 56.7 Å². The van der Waals surface area contributed by atoms with Crippen molar-refractivity contribution in [3.05, 3.63) is 35.4 Å². The third-order valence-electron chi connectivity index (χ3n) is 4.82. The Labute approximate surface area is 140 Å². The lowest BCUT2D eigenvalue weighted by Crippen LogP contribution is -2.45. The van der Waals surface area contributed by atoms with Gasteiger partial charge in [-0.25, -0.2) is 0 Å². The highest BCUT2D eigenvalue weighted by Gasteiger charge is 2.34. The van der Waals surface area contributed by atoms with Crippen LogP contribution in [-0.4, -0.2) is 12.5 Å². The van der Waals surface area contributed by atoms with Crippen LogP contribution in [0.5, 0.6) is 0 Å². The van der Waals surface area contributed by atoms with E-state index in [9.17, 15) is 4.79 Å². The molecule has 1 aliphatic rings. The Morgan fingerprint density at radius 3 is 2.45 bits per heavy atom. The Kier molecular flexibility index (Phi) is 6.89. The molecule has 0 saturated heterocycles. The van der Waals surface area contributed by atoms with Gasteiger partial charge in [-0.3, -0.25) is 4.79 Å². The van der Waals surface area contributed by atoms with Crippen LogP contribution < -0.4 is 11.1 Å². The summed E-state index contributed by atoms with van der Waals surface area (Å²) in [6.45, 7) is 6.90. The van der Waals surface area contributed by atoms with Crippen LogP contribution in [0.25, 0.3) is 0 Å². The average Bonchev–Trinajstić information content (AvgIpc) is 2.95. The van der Waals surface area contributed by atoms with Crippen LogP contribution in [0.1, 0.15) is 51.2 Å². The molecule has 0 heterocycles. The Bertz CT molecular complexity index is 484. The largest absolute Gasteiger partial charge is 0.347 e. The molecule has 3 N–H and O–H groups in total. The number of rotatable bonds is 5. The molecule has 2 atom stereocenters. The Balaban J connectivity index is 0.00000242. The summed E-state index contributed by atoms with van der Waals surface area (Å²) in [6, 6.07) is 8.52. The van der Waals surface area contributed by atoms with Crippen LogP contribution in [0.4, 0.5) is 0 Å². The van der Waals surface area contributed by atoms with E-state index < -0.39 is 0 Å². The predicted octanol–water partition coefficient (Wildman–Crippen LogP) is 3.40. The van der Waals surface area contributed by atoms with Crippen molar-refractivity contribution in [2.75, 3.05) is 6.54 Å². The minimum absolute atomic E-state index is 0. The summed E-state index contributed by atoms with van der Waals surface area (Å²) in [5.74, 6) is 0.597. The van der Waals surface area contributed by atoms with Crippen molar-refractivity contribution < 1.29 is 4.79 Å². The normalized spacial score (nSPS) is 21.3. The van der Waals surface area contributed by atoms with Gasteiger partial charge < -0.3 is 11.1 Å². The van der Waals surface area contributed by atoms with Crippen LogP contribution in [-0.2, 0) is 16.8 Å². The highest BCUT2D eigenvalue weighted by Crippen LogP contribution is 2.32. The fraction of sp³-hybridized carbons (Fsp3) is 0.611. The molecule has 3 nitrogen and oxygen atoms in total. The fourth-order valence-electron chi connectivity index (χ4n) is 3.29. The van der Waals surface area contributed by atoms with Crippen LogP contribution in [0.15, 0.2) is 24.3 Å². The zero-order valence-electron chi connectivity index (χ0n) is 13.9. The lowest BCUT2D eigenvalue weighted by atomic mass is 9.90. The number of hydrogen-bond acceptors (Lipinski definition) is 2. The molecule has 1 aromatic rings. The van der Waals surface area contributed by atoms with Crippen molar-refractivity contribution in [3.8, 4) is 0 Å². The zero-order chi connectivity index (χ0) is 15.5. The molecule has 1 saturated carbocycles. The van der Waals surface area contributed by atoms with E-state index >= 15 is 0 Å². The van der Waals surface area contributed by atoms with E-state index in [1.807, 2.05) is 0 Å². The highest BCUT2D eigenvalue weighted by atomic mass is 35.5. The second-order valence-corrected chi connectivity index (χ2v) is 6.70. The number of hydrogen-bond donors (Lipinski definition) is 2. The topological polar surface area (TPSA) is 55.1 Å². The quantitative estimate of drug-likeness (QED) is 0.872. The first-order valence-corrected chi connectivity index (χ1v) is 8.09. The maximum atomic E-state index is 12.6. The van der Waals surface area contributed by atoms with Crippen LogP contribution in [0.2, 0.25) is 0 Å². The molecule has 1 aromatic carbocycles. The number of carbonyl (C=O) groups is 1. The number of nitrogens with one attached hydrogen (secondary N) is 1. The number of carbonyl (C=O) groups excluding carboxylic acids is 1. The Hall–Kier alpha value is -1.06. The van der Waals surface area contributed by atoms with Crippen molar-refractivity contribution in [1.82, 2.24) is 5.32 Å². The van der Waals surface area contributed by atoms with E-state index in [1.54, 1.807) is 0 Å². The summed E-state index contributed by atoms with van der Waals surface area (Å²) in [6.07, 6.45) is 4.21. The van der Waals surface area contributed by atoms with Crippen molar-refractivity contribution >= 4 is 18.3 Å². The van der Waals surface area contributed by atoms with E-state index in [0.29, 0.717) is 12.5 Å². The number of amides is 1. The molecule has 0 radical (unpaired) electrons. The molecule has 1 amide bonds. The maximum absolute atomic E-state index is 12.6. The lowest BCUT2D eigenvalue weighted by Gasteiger charge is -2.30. The highest BCUT2D eigenvalue weighted by molar-refractivity contribution is 5.85. The van der Waals surface area contributed by atoms with E-state index in [2.05, 4.69) is 50.4 Å². The lowest BCUT2D eigenvalue weighted by molar-refractivity contribution is -0.127. The van der Waals surface area contributed by atoms with Gasteiger partial charge >= 0.3 is 0 Å². The molecule has 2 rings (SSSR count). The zero-order valence-corrected chi connectivity index (χ0v) is 14.7. The van der Waals surface area contributed by atoms with E-state index in [4.69, 9.17) is 5.73 Å². The SMILES string of the molecule is CCc1ccc(C(C)(C)NC(=O)[C@@H]2CCC[C@@H]2CN)cc1.Cl. The molecular weight excluding hydrogens is 296 g/mol. The first-order valence-electron chi connectivity index (χ1n) is 8.09. The molecule has 0 aromatic heterocycles. The van der Waals surface area contributed by atoms with Crippen LogP contribution in [0.3, 0.4) is 0 Å². The van der Waals surface area contributed by atoms with E-state index in [1.165, 1.54) is 5.56 Å². The summed E-state index contributed by atoms with van der Waals surface area (Å²) in [5.41, 5.74) is 7.91. The summed E-state index contributed by atoms with van der Waals surface area (Å²) in [4.78, 5) is 12.6. The molecule has 1 fully saturated rings. The number of halogens is 1. The molecular formula is C18H29ClN2O. The maximum Gasteiger partial charge on any atom is 0.224 e. The van der Waals surface area contributed by atoms with Gasteiger partial charge in [0.2, 0.25) is 5.91 Å². The first-order chi connectivity index (χ1) is 9.97. The molecule has 0 aliphatic heterocycles. The second-order valence-electron chi connectivity index (χ2n) is 6.70. The van der Waals surface area contributed by atoms with Crippen molar-refractivity contribution in [2.24, 2.45) is 17.6 Å². The molecule has 0 bridgehead atoms. The van der Waals surface area contributed by atoms with Gasteiger partial charge in [-0.2, -0.15) is 0 Å². The standard InChI is InChI=1S/C18H28N2O.ClH/c1-4-13-8-10-15(11-9-13)18(2,3)20-17(21)16-7-5-6-14(16)12-19;/h8-11,14,16H,4-7,12,19H2,1-3H3,(H,20,21);1H/t14-,16-;/m1./s1. The average molecular weight is 325 g/mol. The number of aryl methyl sites for hydroxylation is 1. The Morgan fingerprint density at radius 1 is 1.27 bits per heavy atom. The number of benzene rings is 1. The number of nitrogens with two attached hydrogens (primary N) is 1. The molecule has 1 aliphatic carbocycles. The van der Waals surface area contributed by atoms with Gasteiger partial charge in [-0.15, -0.1) is 12.4 Å². The molecule has 124 valence electrons.